The molecule has 0 unspecified atom stereocenters. The van der Waals surface area contributed by atoms with E-state index >= 15 is 0 Å². The predicted octanol–water partition coefficient (Wildman–Crippen LogP) is 14.9. The lowest BCUT2D eigenvalue weighted by atomic mass is 9.80. The van der Waals surface area contributed by atoms with Gasteiger partial charge in [0.25, 0.3) is 0 Å². The quantitative estimate of drug-likeness (QED) is 0.177. The Morgan fingerprint density at radius 2 is 1.03 bits per heavy atom. The van der Waals surface area contributed by atoms with Gasteiger partial charge in [-0.3, -0.25) is 0 Å². The fourth-order valence-electron chi connectivity index (χ4n) is 10.6. The molecule has 0 amide bonds. The second kappa shape index (κ2) is 11.4. The van der Waals surface area contributed by atoms with Gasteiger partial charge in [-0.2, -0.15) is 0 Å². The lowest BCUT2D eigenvalue weighted by Crippen LogP contribution is -2.15. The Morgan fingerprint density at radius 1 is 0.448 bits per heavy atom. The summed E-state index contributed by atoms with van der Waals surface area (Å²) in [6.07, 6.45) is 0. The molecule has 0 radical (unpaired) electrons. The number of furan rings is 1. The van der Waals surface area contributed by atoms with E-state index < -0.39 is 0 Å². The van der Waals surface area contributed by atoms with E-state index in [-0.39, 0.29) is 5.41 Å². The van der Waals surface area contributed by atoms with Gasteiger partial charge in [-0.15, -0.1) is 0 Å². The van der Waals surface area contributed by atoms with Crippen molar-refractivity contribution in [1.82, 2.24) is 9.13 Å². The van der Waals surface area contributed by atoms with Gasteiger partial charge in [-0.1, -0.05) is 135 Å². The summed E-state index contributed by atoms with van der Waals surface area (Å²) in [5.41, 5.74) is 16.4. The van der Waals surface area contributed by atoms with Crippen LogP contribution in [0, 0.1) is 0 Å². The Kier molecular flexibility index (Phi) is 6.23. The standard InChI is InChI=1S/C55H36N2O/c1-55(2)43-23-13-11-21-39(43)49-52(55)50-40-22-12-14-24-47(40)58-54(50)51-42-32-35(27-29-45(42)57(53(49)51)37-18-7-4-8-19-37)34-26-28-44-41(31-34)48-38-20-10-9-15-33(38)25-30-46(48)56(44)36-16-5-3-6-17-36/h3-32H,1-2H3. The first-order valence-electron chi connectivity index (χ1n) is 20.2. The van der Waals surface area contributed by atoms with Crippen molar-refractivity contribution in [2.75, 3.05) is 0 Å². The van der Waals surface area contributed by atoms with Gasteiger partial charge in [0, 0.05) is 49.3 Å². The number of nitrogens with zero attached hydrogens (tertiary/aromatic N) is 2. The van der Waals surface area contributed by atoms with Crippen LogP contribution in [0.5, 0.6) is 0 Å². The zero-order valence-corrected chi connectivity index (χ0v) is 32.1. The normalized spacial score (nSPS) is 13.5. The number of fused-ring (bicyclic) bond motifs is 17. The maximum Gasteiger partial charge on any atom is 0.145 e. The van der Waals surface area contributed by atoms with Gasteiger partial charge in [0.1, 0.15) is 11.2 Å². The van der Waals surface area contributed by atoms with Gasteiger partial charge in [-0.25, -0.2) is 0 Å². The minimum absolute atomic E-state index is 0.230. The summed E-state index contributed by atoms with van der Waals surface area (Å²) in [6.45, 7) is 4.76. The van der Waals surface area contributed by atoms with E-state index in [1.807, 2.05) is 0 Å². The first kappa shape index (κ1) is 31.8. The number of aromatic nitrogens is 2. The summed E-state index contributed by atoms with van der Waals surface area (Å²) in [4.78, 5) is 0. The zero-order chi connectivity index (χ0) is 38.3. The molecule has 58 heavy (non-hydrogen) atoms. The molecule has 3 heteroatoms. The van der Waals surface area contributed by atoms with E-state index in [1.54, 1.807) is 0 Å². The molecule has 0 aliphatic heterocycles. The average Bonchev–Trinajstić information content (AvgIpc) is 3.99. The Morgan fingerprint density at radius 3 is 1.79 bits per heavy atom. The smallest absolute Gasteiger partial charge is 0.145 e. The molecular formula is C55H36N2O. The van der Waals surface area contributed by atoms with Crippen molar-refractivity contribution in [2.45, 2.75) is 19.3 Å². The van der Waals surface area contributed by atoms with Crippen LogP contribution in [0.1, 0.15) is 25.0 Å². The minimum Gasteiger partial charge on any atom is -0.455 e. The highest BCUT2D eigenvalue weighted by Crippen LogP contribution is 2.58. The summed E-state index contributed by atoms with van der Waals surface area (Å²) < 4.78 is 12.0. The molecule has 1 aliphatic rings. The molecule has 0 atom stereocenters. The molecule has 0 bridgehead atoms. The third-order valence-corrected chi connectivity index (χ3v) is 13.0. The van der Waals surface area contributed by atoms with E-state index in [9.17, 15) is 0 Å². The number of rotatable bonds is 3. The molecule has 12 aromatic rings. The maximum atomic E-state index is 7.06. The highest BCUT2D eigenvalue weighted by molar-refractivity contribution is 6.30. The molecule has 0 fully saturated rings. The van der Waals surface area contributed by atoms with Gasteiger partial charge in [0.15, 0.2) is 0 Å². The van der Waals surface area contributed by atoms with E-state index in [2.05, 4.69) is 205 Å². The van der Waals surface area contributed by atoms with Gasteiger partial charge >= 0.3 is 0 Å². The first-order chi connectivity index (χ1) is 28.6. The molecule has 0 saturated heterocycles. The lowest BCUT2D eigenvalue weighted by molar-refractivity contribution is 0.659. The Labute approximate surface area is 334 Å². The Hall–Kier alpha value is -7.36. The van der Waals surface area contributed by atoms with Crippen LogP contribution in [0.25, 0.3) is 110 Å². The summed E-state index contributed by atoms with van der Waals surface area (Å²) in [5, 5.41) is 9.77. The van der Waals surface area contributed by atoms with Gasteiger partial charge in [0.05, 0.1) is 27.5 Å². The molecule has 0 N–H and O–H groups in total. The fraction of sp³-hybridized carbons (Fsp3) is 0.0545. The van der Waals surface area contributed by atoms with Crippen LogP contribution in [0.3, 0.4) is 0 Å². The largest absolute Gasteiger partial charge is 0.455 e. The molecule has 3 nitrogen and oxygen atoms in total. The van der Waals surface area contributed by atoms with Crippen LogP contribution in [0.4, 0.5) is 0 Å². The molecule has 0 saturated carbocycles. The van der Waals surface area contributed by atoms with Crippen molar-refractivity contribution in [2.24, 2.45) is 0 Å². The predicted molar refractivity (Wildman–Crippen MR) is 243 cm³/mol. The molecule has 13 rings (SSSR count). The van der Waals surface area contributed by atoms with E-state index in [1.165, 1.54) is 87.6 Å². The highest BCUT2D eigenvalue weighted by Gasteiger charge is 2.41. The Bertz CT molecular complexity index is 3690. The third-order valence-electron chi connectivity index (χ3n) is 13.0. The molecule has 1 aliphatic carbocycles. The molecule has 3 heterocycles. The first-order valence-corrected chi connectivity index (χ1v) is 20.2. The summed E-state index contributed by atoms with van der Waals surface area (Å²) in [6, 6.07) is 66.6. The van der Waals surface area contributed by atoms with E-state index in [0.29, 0.717) is 0 Å². The van der Waals surface area contributed by atoms with Crippen LogP contribution in [-0.2, 0) is 5.41 Å². The van der Waals surface area contributed by atoms with Crippen molar-refractivity contribution in [1.29, 1.82) is 0 Å². The summed E-state index contributed by atoms with van der Waals surface area (Å²) in [5.74, 6) is 0. The van der Waals surface area contributed by atoms with E-state index in [4.69, 9.17) is 4.42 Å². The molecule has 0 spiro atoms. The van der Waals surface area contributed by atoms with Crippen LogP contribution in [0.2, 0.25) is 0 Å². The molecular weight excluding hydrogens is 705 g/mol. The van der Waals surface area contributed by atoms with Crippen molar-refractivity contribution < 1.29 is 4.42 Å². The minimum atomic E-state index is -0.230. The number of benzene rings is 9. The average molecular weight is 741 g/mol. The molecule has 3 aromatic heterocycles. The fourth-order valence-corrected chi connectivity index (χ4v) is 10.6. The van der Waals surface area contributed by atoms with Crippen molar-refractivity contribution in [3.8, 4) is 33.6 Å². The highest BCUT2D eigenvalue weighted by atomic mass is 16.3. The van der Waals surface area contributed by atoms with Crippen LogP contribution < -0.4 is 0 Å². The van der Waals surface area contributed by atoms with Crippen LogP contribution in [0.15, 0.2) is 186 Å². The van der Waals surface area contributed by atoms with Crippen molar-refractivity contribution in [3.05, 3.63) is 193 Å². The van der Waals surface area contributed by atoms with Gasteiger partial charge < -0.3 is 13.6 Å². The second-order valence-electron chi connectivity index (χ2n) is 16.4. The molecule has 9 aromatic carbocycles. The third kappa shape index (κ3) is 4.07. The Balaban J connectivity index is 1.17. The zero-order valence-electron chi connectivity index (χ0n) is 32.1. The number of hydrogen-bond donors (Lipinski definition) is 0. The van der Waals surface area contributed by atoms with Crippen molar-refractivity contribution >= 4 is 76.3 Å². The monoisotopic (exact) mass is 740 g/mol. The van der Waals surface area contributed by atoms with Crippen molar-refractivity contribution in [3.63, 3.8) is 0 Å². The summed E-state index contributed by atoms with van der Waals surface area (Å²) in [7, 11) is 0. The lowest BCUT2D eigenvalue weighted by Gasteiger charge is -2.22. The number of para-hydroxylation sites is 3. The SMILES string of the molecule is CC1(C)c2ccccc2-c2c1c1c3ccccc3oc1c1c3cc(-c4ccc5c(c4)c4c6ccccc6ccc4n5-c4ccccc4)ccc3n(-c3ccccc3)c21. The van der Waals surface area contributed by atoms with Gasteiger partial charge in [0.2, 0.25) is 0 Å². The van der Waals surface area contributed by atoms with E-state index in [0.717, 1.165) is 33.4 Å². The topological polar surface area (TPSA) is 23.0 Å². The van der Waals surface area contributed by atoms with Crippen LogP contribution >= 0.6 is 0 Å². The summed E-state index contributed by atoms with van der Waals surface area (Å²) >= 11 is 0. The molecule has 272 valence electrons. The van der Waals surface area contributed by atoms with Gasteiger partial charge in [-0.05, 0) is 99.3 Å². The maximum absolute atomic E-state index is 7.06. The second-order valence-corrected chi connectivity index (χ2v) is 16.4. The van der Waals surface area contributed by atoms with Crippen LogP contribution in [-0.4, -0.2) is 9.13 Å². The number of hydrogen-bond acceptors (Lipinski definition) is 1.